The van der Waals surface area contributed by atoms with E-state index in [9.17, 15) is 4.79 Å². The summed E-state index contributed by atoms with van der Waals surface area (Å²) in [6, 6.07) is 12.2. The van der Waals surface area contributed by atoms with E-state index >= 15 is 0 Å². The third kappa shape index (κ3) is 4.13. The number of amides is 1. The molecule has 0 saturated carbocycles. The van der Waals surface area contributed by atoms with Gasteiger partial charge in [-0.15, -0.1) is 0 Å². The van der Waals surface area contributed by atoms with E-state index < -0.39 is 0 Å². The number of benzene rings is 2. The average Bonchev–Trinajstić information content (AvgIpc) is 2.88. The van der Waals surface area contributed by atoms with Gasteiger partial charge in [-0.3, -0.25) is 9.69 Å². The van der Waals surface area contributed by atoms with Crippen LogP contribution >= 0.6 is 47.2 Å². The number of hydrogen-bond donors (Lipinski definition) is 0. The fraction of sp³-hybridized carbons (Fsp3) is 0.0526. The molecule has 0 bridgehead atoms. The molecule has 2 aromatic rings. The van der Waals surface area contributed by atoms with Crippen LogP contribution in [0, 0.1) is 0 Å². The highest BCUT2D eigenvalue weighted by Gasteiger charge is 2.33. The minimum atomic E-state index is -0.211. The zero-order chi connectivity index (χ0) is 18.7. The highest BCUT2D eigenvalue weighted by atomic mass is 35.5. The van der Waals surface area contributed by atoms with Crippen LogP contribution in [0.25, 0.3) is 6.08 Å². The van der Waals surface area contributed by atoms with Crippen molar-refractivity contribution in [2.45, 2.75) is 0 Å². The van der Waals surface area contributed by atoms with Crippen molar-refractivity contribution in [1.29, 1.82) is 0 Å². The Morgan fingerprint density at radius 3 is 2.69 bits per heavy atom. The molecule has 1 saturated heterocycles. The number of nitrogens with zero attached hydrogens (tertiary/aromatic N) is 1. The lowest BCUT2D eigenvalue weighted by molar-refractivity contribution is -0.113. The summed E-state index contributed by atoms with van der Waals surface area (Å²) in [5.74, 6) is 0.402. The molecule has 0 atom stereocenters. The van der Waals surface area contributed by atoms with Gasteiger partial charge in [-0.25, -0.2) is 0 Å². The van der Waals surface area contributed by atoms with Crippen LogP contribution in [0.4, 0.5) is 5.69 Å². The summed E-state index contributed by atoms with van der Waals surface area (Å²) in [6.07, 6.45) is 3.38. The van der Waals surface area contributed by atoms with Gasteiger partial charge in [0.2, 0.25) is 0 Å². The zero-order valence-corrected chi connectivity index (χ0v) is 16.6. The first kappa shape index (κ1) is 19.0. The van der Waals surface area contributed by atoms with Gasteiger partial charge in [0.15, 0.2) is 4.32 Å². The number of hydrogen-bond acceptors (Lipinski definition) is 4. The molecule has 0 unspecified atom stereocenters. The molecular weight excluding hydrogens is 409 g/mol. The van der Waals surface area contributed by atoms with Gasteiger partial charge in [-0.1, -0.05) is 65.9 Å². The molecule has 0 aromatic heterocycles. The molecule has 1 heterocycles. The number of ether oxygens (including phenoxy) is 1. The number of carbonyl (C=O) groups is 1. The molecule has 1 amide bonds. The third-order valence-electron chi connectivity index (χ3n) is 3.48. The number of thioether (sulfide) groups is 1. The van der Waals surface area contributed by atoms with E-state index in [2.05, 4.69) is 6.58 Å². The minimum Gasteiger partial charge on any atom is -0.489 e. The maximum Gasteiger partial charge on any atom is 0.270 e. The second kappa shape index (κ2) is 8.27. The maximum atomic E-state index is 12.9. The first-order valence-corrected chi connectivity index (χ1v) is 9.54. The Morgan fingerprint density at radius 1 is 1.19 bits per heavy atom. The monoisotopic (exact) mass is 421 g/mol. The Kier molecular flexibility index (Phi) is 6.04. The molecular formula is C19H13Cl2NO2S2. The fourth-order valence-corrected chi connectivity index (χ4v) is 4.01. The number of thiocarbonyl (C=S) groups is 1. The quantitative estimate of drug-likeness (QED) is 0.338. The van der Waals surface area contributed by atoms with Gasteiger partial charge < -0.3 is 4.74 Å². The largest absolute Gasteiger partial charge is 0.489 e. The Balaban J connectivity index is 1.96. The van der Waals surface area contributed by atoms with Crippen LogP contribution in [0.5, 0.6) is 5.75 Å². The van der Waals surface area contributed by atoms with Crippen LogP contribution in [0.15, 0.2) is 60.0 Å². The molecule has 2 aromatic carbocycles. The third-order valence-corrected chi connectivity index (χ3v) is 5.25. The van der Waals surface area contributed by atoms with Gasteiger partial charge in [0.1, 0.15) is 12.4 Å². The van der Waals surface area contributed by atoms with Crippen molar-refractivity contribution in [3.05, 3.63) is 75.6 Å². The molecule has 1 fully saturated rings. The Hall–Kier alpha value is -1.79. The van der Waals surface area contributed by atoms with Crippen LogP contribution in [-0.4, -0.2) is 16.8 Å². The summed E-state index contributed by atoms with van der Waals surface area (Å²) < 4.78 is 6.08. The molecule has 3 nitrogen and oxygen atoms in total. The molecule has 0 spiro atoms. The van der Waals surface area contributed by atoms with Crippen molar-refractivity contribution in [3.63, 3.8) is 0 Å². The number of anilines is 1. The van der Waals surface area contributed by atoms with Gasteiger partial charge in [0, 0.05) is 15.6 Å². The van der Waals surface area contributed by atoms with Gasteiger partial charge in [0.25, 0.3) is 5.91 Å². The number of carbonyl (C=O) groups excluding carboxylic acids is 1. The smallest absolute Gasteiger partial charge is 0.270 e. The normalized spacial score (nSPS) is 15.6. The lowest BCUT2D eigenvalue weighted by Gasteiger charge is -2.14. The van der Waals surface area contributed by atoms with E-state index in [0.29, 0.717) is 42.9 Å². The maximum absolute atomic E-state index is 12.9. The predicted molar refractivity (Wildman–Crippen MR) is 114 cm³/mol. The highest BCUT2D eigenvalue weighted by Crippen LogP contribution is 2.38. The molecule has 132 valence electrons. The molecule has 0 radical (unpaired) electrons. The predicted octanol–water partition coefficient (Wildman–Crippen LogP) is 5.96. The average molecular weight is 422 g/mol. The summed E-state index contributed by atoms with van der Waals surface area (Å²) >= 11 is 18.7. The van der Waals surface area contributed by atoms with Crippen LogP contribution < -0.4 is 9.64 Å². The van der Waals surface area contributed by atoms with Crippen LogP contribution in [0.3, 0.4) is 0 Å². The van der Waals surface area contributed by atoms with Crippen molar-refractivity contribution in [1.82, 2.24) is 0 Å². The Labute approximate surface area is 171 Å². The number of rotatable bonds is 5. The van der Waals surface area contributed by atoms with Gasteiger partial charge in [-0.05, 0) is 42.5 Å². The van der Waals surface area contributed by atoms with E-state index in [1.165, 1.54) is 16.7 Å². The Bertz CT molecular complexity index is 928. The SMILES string of the molecule is C=CCOc1ccc(Cl)cc1C=C1SC(=S)N(c2cccc(Cl)c2)C1=O. The van der Waals surface area contributed by atoms with Crippen molar-refractivity contribution in [3.8, 4) is 5.75 Å². The summed E-state index contributed by atoms with van der Waals surface area (Å²) in [6.45, 7) is 3.99. The lowest BCUT2D eigenvalue weighted by atomic mass is 10.1. The van der Waals surface area contributed by atoms with E-state index in [4.69, 9.17) is 40.2 Å². The molecule has 3 rings (SSSR count). The van der Waals surface area contributed by atoms with Gasteiger partial charge in [0.05, 0.1) is 10.6 Å². The summed E-state index contributed by atoms with van der Waals surface area (Å²) in [5.41, 5.74) is 1.34. The molecule has 0 aliphatic carbocycles. The first-order chi connectivity index (χ1) is 12.5. The fourth-order valence-electron chi connectivity index (χ4n) is 2.36. The van der Waals surface area contributed by atoms with Crippen molar-refractivity contribution < 1.29 is 9.53 Å². The van der Waals surface area contributed by atoms with Gasteiger partial charge >= 0.3 is 0 Å². The van der Waals surface area contributed by atoms with E-state index in [1.807, 2.05) is 0 Å². The summed E-state index contributed by atoms with van der Waals surface area (Å²) in [7, 11) is 0. The lowest BCUT2D eigenvalue weighted by Crippen LogP contribution is -2.27. The van der Waals surface area contributed by atoms with E-state index in [-0.39, 0.29) is 5.91 Å². The second-order valence-corrected chi connectivity index (χ2v) is 7.83. The van der Waals surface area contributed by atoms with E-state index in [0.717, 1.165) is 0 Å². The molecule has 0 N–H and O–H groups in total. The van der Waals surface area contributed by atoms with Crippen molar-refractivity contribution in [2.24, 2.45) is 0 Å². The van der Waals surface area contributed by atoms with Crippen molar-refractivity contribution >= 4 is 69.2 Å². The van der Waals surface area contributed by atoms with Gasteiger partial charge in [-0.2, -0.15) is 0 Å². The Morgan fingerprint density at radius 2 is 1.96 bits per heavy atom. The standard InChI is InChI=1S/C19H13Cl2NO2S2/c1-2-8-24-16-7-6-14(21)9-12(16)10-17-18(23)22(19(25)26-17)15-5-3-4-13(20)11-15/h2-7,9-11H,1,8H2. The molecule has 1 aliphatic heterocycles. The second-order valence-electron chi connectivity index (χ2n) is 5.28. The molecule has 7 heteroatoms. The summed E-state index contributed by atoms with van der Waals surface area (Å²) in [4.78, 5) is 14.8. The zero-order valence-electron chi connectivity index (χ0n) is 13.4. The van der Waals surface area contributed by atoms with Crippen LogP contribution in [-0.2, 0) is 4.79 Å². The van der Waals surface area contributed by atoms with E-state index in [1.54, 1.807) is 54.6 Å². The van der Waals surface area contributed by atoms with Crippen molar-refractivity contribution in [2.75, 3.05) is 11.5 Å². The topological polar surface area (TPSA) is 29.5 Å². The molecule has 1 aliphatic rings. The summed E-state index contributed by atoms with van der Waals surface area (Å²) in [5, 5.41) is 1.09. The van der Waals surface area contributed by atoms with Crippen LogP contribution in [0.1, 0.15) is 5.56 Å². The first-order valence-electron chi connectivity index (χ1n) is 7.56. The number of halogens is 2. The molecule has 26 heavy (non-hydrogen) atoms. The van der Waals surface area contributed by atoms with Crippen LogP contribution in [0.2, 0.25) is 10.0 Å². The minimum absolute atomic E-state index is 0.211. The highest BCUT2D eigenvalue weighted by molar-refractivity contribution is 8.27.